The molecule has 1 aromatic carbocycles. The molecule has 118 valence electrons. The average molecular weight is 327 g/mol. The highest BCUT2D eigenvalue weighted by molar-refractivity contribution is 7.16. The van der Waals surface area contributed by atoms with E-state index < -0.39 is 0 Å². The van der Waals surface area contributed by atoms with E-state index in [2.05, 4.69) is 15.5 Å². The van der Waals surface area contributed by atoms with Crippen LogP contribution in [0.5, 0.6) is 0 Å². The number of aryl methyl sites for hydroxylation is 3. The quantitative estimate of drug-likeness (QED) is 0.778. The van der Waals surface area contributed by atoms with Crippen molar-refractivity contribution < 1.29 is 9.32 Å². The molecule has 5 nitrogen and oxygen atoms in total. The number of amides is 1. The lowest BCUT2D eigenvalue weighted by molar-refractivity contribution is 0.102. The first-order valence-corrected chi connectivity index (χ1v) is 8.20. The third-order valence-corrected chi connectivity index (χ3v) is 4.52. The van der Waals surface area contributed by atoms with Crippen LogP contribution in [0, 0.1) is 13.8 Å². The molecule has 0 atom stereocenters. The number of thiophene rings is 1. The summed E-state index contributed by atoms with van der Waals surface area (Å²) < 4.78 is 5.14. The summed E-state index contributed by atoms with van der Waals surface area (Å²) in [5, 5.41) is 6.91. The van der Waals surface area contributed by atoms with E-state index in [1.54, 1.807) is 0 Å². The largest absolute Gasteiger partial charge is 0.339 e. The van der Waals surface area contributed by atoms with Gasteiger partial charge in [0.2, 0.25) is 11.7 Å². The fraction of sp³-hybridized carbons (Fsp3) is 0.235. The predicted octanol–water partition coefficient (Wildman–Crippen LogP) is 4.23. The van der Waals surface area contributed by atoms with E-state index in [9.17, 15) is 4.79 Å². The first-order valence-electron chi connectivity index (χ1n) is 7.38. The Morgan fingerprint density at radius 1 is 1.26 bits per heavy atom. The molecular weight excluding hydrogens is 310 g/mol. The van der Waals surface area contributed by atoms with Crippen LogP contribution in [0.2, 0.25) is 0 Å². The highest BCUT2D eigenvalue weighted by atomic mass is 32.1. The van der Waals surface area contributed by atoms with Gasteiger partial charge in [-0.1, -0.05) is 29.8 Å². The van der Waals surface area contributed by atoms with Gasteiger partial charge in [-0.2, -0.15) is 4.98 Å². The first-order chi connectivity index (χ1) is 11.1. The monoisotopic (exact) mass is 327 g/mol. The van der Waals surface area contributed by atoms with Gasteiger partial charge in [0.25, 0.3) is 5.91 Å². The molecule has 0 radical (unpaired) electrons. The summed E-state index contributed by atoms with van der Waals surface area (Å²) in [5.41, 5.74) is 2.54. The zero-order chi connectivity index (χ0) is 16.4. The number of carbonyl (C=O) groups excluding carboxylic acids is 1. The van der Waals surface area contributed by atoms with E-state index in [4.69, 9.17) is 4.52 Å². The highest BCUT2D eigenvalue weighted by Crippen LogP contribution is 2.33. The smallest absolute Gasteiger partial charge is 0.255 e. The zero-order valence-corrected chi connectivity index (χ0v) is 14.0. The molecule has 6 heteroatoms. The number of aromatic nitrogens is 2. The Kier molecular flexibility index (Phi) is 4.25. The van der Waals surface area contributed by atoms with Gasteiger partial charge >= 0.3 is 0 Å². The summed E-state index contributed by atoms with van der Waals surface area (Å²) in [4.78, 5) is 18.5. The van der Waals surface area contributed by atoms with Gasteiger partial charge in [0.15, 0.2) is 0 Å². The Bertz CT molecular complexity index is 834. The second kappa shape index (κ2) is 6.34. The highest BCUT2D eigenvalue weighted by Gasteiger charge is 2.15. The maximum atomic E-state index is 12.3. The van der Waals surface area contributed by atoms with Crippen molar-refractivity contribution in [3.05, 3.63) is 52.2 Å². The number of rotatable bonds is 4. The molecule has 3 rings (SSSR count). The Morgan fingerprint density at radius 3 is 2.65 bits per heavy atom. The van der Waals surface area contributed by atoms with E-state index in [1.165, 1.54) is 11.3 Å². The fourth-order valence-corrected chi connectivity index (χ4v) is 3.02. The topological polar surface area (TPSA) is 68.0 Å². The van der Waals surface area contributed by atoms with Crippen LogP contribution in [0.4, 0.5) is 5.69 Å². The predicted molar refractivity (Wildman–Crippen MR) is 90.9 cm³/mol. The molecule has 2 aromatic heterocycles. The van der Waals surface area contributed by atoms with Crippen molar-refractivity contribution in [3.8, 4) is 10.7 Å². The summed E-state index contributed by atoms with van der Waals surface area (Å²) in [6.07, 6.45) is 0.703. The van der Waals surface area contributed by atoms with Crippen molar-refractivity contribution in [2.75, 3.05) is 5.32 Å². The van der Waals surface area contributed by atoms with E-state index >= 15 is 0 Å². The Balaban J connectivity index is 1.81. The number of benzene rings is 1. The van der Waals surface area contributed by atoms with Gasteiger partial charge in [-0.05, 0) is 32.0 Å². The van der Waals surface area contributed by atoms with Crippen molar-refractivity contribution in [1.82, 2.24) is 10.1 Å². The molecule has 2 heterocycles. The maximum Gasteiger partial charge on any atom is 0.255 e. The SMILES string of the molecule is CCc1nc(-c2cc(NC(=O)c3ccc(C)cc3)c(C)s2)no1. The lowest BCUT2D eigenvalue weighted by atomic mass is 10.1. The average Bonchev–Trinajstić information content (AvgIpc) is 3.15. The van der Waals surface area contributed by atoms with Crippen LogP contribution in [0.15, 0.2) is 34.9 Å². The molecule has 0 unspecified atom stereocenters. The summed E-state index contributed by atoms with van der Waals surface area (Å²) in [7, 11) is 0. The molecule has 1 amide bonds. The number of nitrogens with one attached hydrogen (secondary N) is 1. The lowest BCUT2D eigenvalue weighted by Gasteiger charge is -2.04. The summed E-state index contributed by atoms with van der Waals surface area (Å²) in [6, 6.07) is 9.37. The number of hydrogen-bond donors (Lipinski definition) is 1. The van der Waals surface area contributed by atoms with E-state index in [0.29, 0.717) is 23.7 Å². The molecule has 0 aliphatic rings. The second-order valence-electron chi connectivity index (χ2n) is 5.27. The third-order valence-electron chi connectivity index (χ3n) is 3.47. The minimum absolute atomic E-state index is 0.125. The molecule has 0 aliphatic heterocycles. The van der Waals surface area contributed by atoms with Crippen LogP contribution in [-0.2, 0) is 6.42 Å². The van der Waals surface area contributed by atoms with Crippen LogP contribution in [-0.4, -0.2) is 16.0 Å². The molecule has 0 saturated carbocycles. The maximum absolute atomic E-state index is 12.3. The van der Waals surface area contributed by atoms with Crippen LogP contribution < -0.4 is 5.32 Å². The van der Waals surface area contributed by atoms with Crippen LogP contribution in [0.25, 0.3) is 10.7 Å². The van der Waals surface area contributed by atoms with Crippen molar-refractivity contribution in [3.63, 3.8) is 0 Å². The second-order valence-corrected chi connectivity index (χ2v) is 6.52. The van der Waals surface area contributed by atoms with Crippen LogP contribution >= 0.6 is 11.3 Å². The van der Waals surface area contributed by atoms with Gasteiger partial charge in [0, 0.05) is 16.9 Å². The van der Waals surface area contributed by atoms with Gasteiger partial charge in [0.05, 0.1) is 10.6 Å². The standard InChI is InChI=1S/C17H17N3O2S/c1-4-15-19-16(20-22-15)14-9-13(11(3)23-14)18-17(21)12-7-5-10(2)6-8-12/h5-9H,4H2,1-3H3,(H,18,21). The van der Waals surface area contributed by atoms with Gasteiger partial charge in [-0.25, -0.2) is 0 Å². The van der Waals surface area contributed by atoms with Crippen LogP contribution in [0.3, 0.4) is 0 Å². The minimum Gasteiger partial charge on any atom is -0.339 e. The van der Waals surface area contributed by atoms with Crippen molar-refractivity contribution in [1.29, 1.82) is 0 Å². The fourth-order valence-electron chi connectivity index (χ4n) is 2.11. The molecular formula is C17H17N3O2S. The van der Waals surface area contributed by atoms with Crippen molar-refractivity contribution in [2.45, 2.75) is 27.2 Å². The Morgan fingerprint density at radius 2 is 2.00 bits per heavy atom. The van der Waals surface area contributed by atoms with Crippen molar-refractivity contribution in [2.24, 2.45) is 0 Å². The molecule has 0 spiro atoms. The first kappa shape index (κ1) is 15.4. The molecule has 0 saturated heterocycles. The molecule has 0 aliphatic carbocycles. The van der Waals surface area contributed by atoms with E-state index in [-0.39, 0.29) is 5.91 Å². The molecule has 0 bridgehead atoms. The molecule has 1 N–H and O–H groups in total. The van der Waals surface area contributed by atoms with Gasteiger partial charge in [-0.3, -0.25) is 4.79 Å². The lowest BCUT2D eigenvalue weighted by Crippen LogP contribution is -2.11. The summed E-state index contributed by atoms with van der Waals surface area (Å²) in [6.45, 7) is 5.91. The van der Waals surface area contributed by atoms with Crippen LogP contribution in [0.1, 0.15) is 33.6 Å². The Hall–Kier alpha value is -2.47. The normalized spacial score (nSPS) is 10.7. The van der Waals surface area contributed by atoms with Crippen molar-refractivity contribution >= 4 is 22.9 Å². The van der Waals surface area contributed by atoms with Gasteiger partial charge in [0.1, 0.15) is 0 Å². The Labute approximate surface area is 138 Å². The van der Waals surface area contributed by atoms with Gasteiger partial charge in [-0.15, -0.1) is 11.3 Å². The van der Waals surface area contributed by atoms with E-state index in [1.807, 2.05) is 51.1 Å². The molecule has 3 aromatic rings. The number of anilines is 1. The summed E-state index contributed by atoms with van der Waals surface area (Å²) in [5.74, 6) is 1.04. The zero-order valence-electron chi connectivity index (χ0n) is 13.2. The van der Waals surface area contributed by atoms with Gasteiger partial charge < -0.3 is 9.84 Å². The number of carbonyl (C=O) groups is 1. The number of nitrogens with zero attached hydrogens (tertiary/aromatic N) is 2. The third kappa shape index (κ3) is 3.32. The van der Waals surface area contributed by atoms with E-state index in [0.717, 1.165) is 21.0 Å². The molecule has 0 fully saturated rings. The minimum atomic E-state index is -0.125. The summed E-state index contributed by atoms with van der Waals surface area (Å²) >= 11 is 1.53. The number of hydrogen-bond acceptors (Lipinski definition) is 5. The molecule has 23 heavy (non-hydrogen) atoms.